The summed E-state index contributed by atoms with van der Waals surface area (Å²) in [5.74, 6) is -1.06. The van der Waals surface area contributed by atoms with Gasteiger partial charge in [-0.1, -0.05) is 78.9 Å². The maximum Gasteiger partial charge on any atom is 0.348 e. The molecular weight excluding hydrogens is 378 g/mol. The standard InChI is InChI=1S/C25H25NO4/c1-3-29-25(20-13-7-4-8-14-20,21-15-9-5-10-16-21)24(28)30-19(2)23(27)26-22-17-11-6-12-18-22/h4-19H,3H2,1-2H3,(H,26,27)/t19-/m0/s1. The fourth-order valence-electron chi connectivity index (χ4n) is 3.25. The van der Waals surface area contributed by atoms with Gasteiger partial charge in [0, 0.05) is 12.3 Å². The molecule has 5 nitrogen and oxygen atoms in total. The summed E-state index contributed by atoms with van der Waals surface area (Å²) < 4.78 is 11.7. The molecule has 0 aliphatic carbocycles. The quantitative estimate of drug-likeness (QED) is 0.561. The predicted octanol–water partition coefficient (Wildman–Crippen LogP) is 4.54. The zero-order valence-corrected chi connectivity index (χ0v) is 17.1. The molecule has 0 aromatic heterocycles. The molecule has 0 bridgehead atoms. The number of hydrogen-bond donors (Lipinski definition) is 1. The number of nitrogens with one attached hydrogen (secondary N) is 1. The van der Waals surface area contributed by atoms with Gasteiger partial charge < -0.3 is 14.8 Å². The molecule has 0 radical (unpaired) electrons. The number of para-hydroxylation sites is 1. The van der Waals surface area contributed by atoms with Crippen LogP contribution in [0.1, 0.15) is 25.0 Å². The lowest BCUT2D eigenvalue weighted by Crippen LogP contribution is -2.44. The molecule has 5 heteroatoms. The number of hydrogen-bond acceptors (Lipinski definition) is 4. The van der Waals surface area contributed by atoms with E-state index in [9.17, 15) is 9.59 Å². The Kier molecular flexibility index (Phi) is 6.99. The first-order valence-electron chi connectivity index (χ1n) is 9.90. The van der Waals surface area contributed by atoms with Crippen molar-refractivity contribution >= 4 is 17.6 Å². The minimum atomic E-state index is -1.47. The van der Waals surface area contributed by atoms with E-state index in [0.29, 0.717) is 16.8 Å². The second-order valence-electron chi connectivity index (χ2n) is 6.75. The van der Waals surface area contributed by atoms with Crippen molar-refractivity contribution in [1.82, 2.24) is 0 Å². The Hall–Kier alpha value is -3.44. The van der Waals surface area contributed by atoms with Crippen LogP contribution in [0.25, 0.3) is 0 Å². The summed E-state index contributed by atoms with van der Waals surface area (Å²) >= 11 is 0. The maximum atomic E-state index is 13.5. The molecule has 0 unspecified atom stereocenters. The van der Waals surface area contributed by atoms with Gasteiger partial charge in [0.1, 0.15) is 0 Å². The van der Waals surface area contributed by atoms with Crippen LogP contribution in [-0.2, 0) is 24.7 Å². The van der Waals surface area contributed by atoms with E-state index in [1.165, 1.54) is 0 Å². The molecule has 0 fully saturated rings. The van der Waals surface area contributed by atoms with Gasteiger partial charge in [-0.3, -0.25) is 4.79 Å². The SMILES string of the molecule is CCOC(C(=O)O[C@@H](C)C(=O)Nc1ccccc1)(c1ccccc1)c1ccccc1. The molecule has 1 N–H and O–H groups in total. The molecule has 154 valence electrons. The van der Waals surface area contributed by atoms with Crippen molar-refractivity contribution in [3.05, 3.63) is 102 Å². The van der Waals surface area contributed by atoms with E-state index in [4.69, 9.17) is 9.47 Å². The minimum absolute atomic E-state index is 0.281. The topological polar surface area (TPSA) is 64.6 Å². The first-order chi connectivity index (χ1) is 14.6. The van der Waals surface area contributed by atoms with Gasteiger partial charge in [-0.25, -0.2) is 4.79 Å². The molecule has 3 aromatic rings. The largest absolute Gasteiger partial charge is 0.450 e. The molecule has 3 aromatic carbocycles. The molecule has 0 aliphatic rings. The van der Waals surface area contributed by atoms with Crippen molar-refractivity contribution in [3.63, 3.8) is 0 Å². The molecule has 1 atom stereocenters. The summed E-state index contributed by atoms with van der Waals surface area (Å²) in [7, 11) is 0. The predicted molar refractivity (Wildman–Crippen MR) is 116 cm³/mol. The number of carbonyl (C=O) groups is 2. The lowest BCUT2D eigenvalue weighted by atomic mass is 9.86. The number of anilines is 1. The van der Waals surface area contributed by atoms with Gasteiger partial charge in [0.2, 0.25) is 5.60 Å². The Morgan fingerprint density at radius 2 is 1.30 bits per heavy atom. The van der Waals surface area contributed by atoms with E-state index in [1.807, 2.05) is 85.8 Å². The Morgan fingerprint density at radius 1 is 0.833 bits per heavy atom. The van der Waals surface area contributed by atoms with Crippen LogP contribution in [0.4, 0.5) is 5.69 Å². The molecule has 0 saturated carbocycles. The number of ether oxygens (including phenoxy) is 2. The van der Waals surface area contributed by atoms with Crippen molar-refractivity contribution in [3.8, 4) is 0 Å². The third-order valence-electron chi connectivity index (χ3n) is 4.70. The molecule has 3 rings (SSSR count). The normalized spacial score (nSPS) is 12.1. The lowest BCUT2D eigenvalue weighted by Gasteiger charge is -2.33. The third kappa shape index (κ3) is 4.58. The summed E-state index contributed by atoms with van der Waals surface area (Å²) in [6, 6.07) is 27.4. The molecule has 0 spiro atoms. The number of benzene rings is 3. The Balaban J connectivity index is 1.91. The summed E-state index contributed by atoms with van der Waals surface area (Å²) in [5.41, 5.74) is 0.434. The van der Waals surface area contributed by atoms with Crippen molar-refractivity contribution < 1.29 is 19.1 Å². The molecular formula is C25H25NO4. The van der Waals surface area contributed by atoms with E-state index in [-0.39, 0.29) is 6.61 Å². The van der Waals surface area contributed by atoms with Gasteiger partial charge in [0.15, 0.2) is 6.10 Å². The highest BCUT2D eigenvalue weighted by Gasteiger charge is 2.45. The fraction of sp³-hybridized carbons (Fsp3) is 0.200. The van der Waals surface area contributed by atoms with Crippen LogP contribution in [0.15, 0.2) is 91.0 Å². The average molecular weight is 403 g/mol. The summed E-state index contributed by atoms with van der Waals surface area (Å²) in [6.07, 6.45) is -1.01. The van der Waals surface area contributed by atoms with Crippen LogP contribution in [0, 0.1) is 0 Å². The number of amides is 1. The third-order valence-corrected chi connectivity index (χ3v) is 4.70. The van der Waals surface area contributed by atoms with Crippen LogP contribution in [0.3, 0.4) is 0 Å². The number of rotatable bonds is 8. The van der Waals surface area contributed by atoms with Crippen LogP contribution >= 0.6 is 0 Å². The molecule has 0 saturated heterocycles. The number of esters is 1. The van der Waals surface area contributed by atoms with Gasteiger partial charge in [-0.15, -0.1) is 0 Å². The highest BCUT2D eigenvalue weighted by atomic mass is 16.6. The highest BCUT2D eigenvalue weighted by Crippen LogP contribution is 2.35. The maximum absolute atomic E-state index is 13.5. The van der Waals surface area contributed by atoms with Crippen molar-refractivity contribution in [2.75, 3.05) is 11.9 Å². The summed E-state index contributed by atoms with van der Waals surface area (Å²) in [6.45, 7) is 3.64. The zero-order chi connectivity index (χ0) is 21.4. The van der Waals surface area contributed by atoms with Gasteiger partial charge in [-0.2, -0.15) is 0 Å². The fourth-order valence-corrected chi connectivity index (χ4v) is 3.25. The van der Waals surface area contributed by atoms with E-state index in [1.54, 1.807) is 19.1 Å². The lowest BCUT2D eigenvalue weighted by molar-refractivity contribution is -0.174. The molecule has 0 aliphatic heterocycles. The van der Waals surface area contributed by atoms with E-state index >= 15 is 0 Å². The van der Waals surface area contributed by atoms with Gasteiger partial charge in [0.05, 0.1) is 0 Å². The van der Waals surface area contributed by atoms with Crippen LogP contribution in [0.5, 0.6) is 0 Å². The molecule has 30 heavy (non-hydrogen) atoms. The van der Waals surface area contributed by atoms with Crippen LogP contribution in [0.2, 0.25) is 0 Å². The minimum Gasteiger partial charge on any atom is -0.450 e. The second kappa shape index (κ2) is 9.85. The zero-order valence-electron chi connectivity index (χ0n) is 17.1. The summed E-state index contributed by atoms with van der Waals surface area (Å²) in [4.78, 5) is 26.1. The highest BCUT2D eigenvalue weighted by molar-refractivity contribution is 5.96. The van der Waals surface area contributed by atoms with E-state index < -0.39 is 23.6 Å². The van der Waals surface area contributed by atoms with E-state index in [2.05, 4.69) is 5.32 Å². The van der Waals surface area contributed by atoms with E-state index in [0.717, 1.165) is 0 Å². The van der Waals surface area contributed by atoms with Gasteiger partial charge in [-0.05, 0) is 37.1 Å². The Labute approximate surface area is 176 Å². The van der Waals surface area contributed by atoms with Crippen LogP contribution in [-0.4, -0.2) is 24.6 Å². The average Bonchev–Trinajstić information content (AvgIpc) is 2.79. The Bertz CT molecular complexity index is 919. The van der Waals surface area contributed by atoms with Gasteiger partial charge >= 0.3 is 5.97 Å². The second-order valence-corrected chi connectivity index (χ2v) is 6.75. The smallest absolute Gasteiger partial charge is 0.348 e. The van der Waals surface area contributed by atoms with Crippen molar-refractivity contribution in [1.29, 1.82) is 0 Å². The van der Waals surface area contributed by atoms with Crippen LogP contribution < -0.4 is 5.32 Å². The van der Waals surface area contributed by atoms with Crippen molar-refractivity contribution in [2.24, 2.45) is 0 Å². The monoisotopic (exact) mass is 403 g/mol. The Morgan fingerprint density at radius 3 is 1.77 bits per heavy atom. The van der Waals surface area contributed by atoms with Gasteiger partial charge in [0.25, 0.3) is 5.91 Å². The number of carbonyl (C=O) groups excluding carboxylic acids is 2. The van der Waals surface area contributed by atoms with Crippen molar-refractivity contribution in [2.45, 2.75) is 25.6 Å². The summed E-state index contributed by atoms with van der Waals surface area (Å²) in [5, 5.41) is 2.75. The molecule has 0 heterocycles. The first kappa shape index (κ1) is 21.3. The first-order valence-corrected chi connectivity index (χ1v) is 9.90. The molecule has 1 amide bonds.